The smallest absolute Gasteiger partial charge is 0.325 e. The lowest BCUT2D eigenvalue weighted by atomic mass is 10.2. The highest BCUT2D eigenvalue weighted by Crippen LogP contribution is 2.29. The van der Waals surface area contributed by atoms with Gasteiger partial charge < -0.3 is 5.32 Å². The van der Waals surface area contributed by atoms with Crippen LogP contribution in [-0.2, 0) is 16.7 Å². The summed E-state index contributed by atoms with van der Waals surface area (Å²) in [5.74, 6) is 0.720. The summed E-state index contributed by atoms with van der Waals surface area (Å²) >= 11 is 1.45. The number of hydrogen-bond acceptors (Lipinski definition) is 2. The molecule has 1 amide bonds. The van der Waals surface area contributed by atoms with Crippen molar-refractivity contribution in [1.29, 1.82) is 0 Å². The first-order valence-electron chi connectivity index (χ1n) is 6.54. The van der Waals surface area contributed by atoms with Crippen LogP contribution in [0.5, 0.6) is 0 Å². The van der Waals surface area contributed by atoms with Crippen molar-refractivity contribution >= 4 is 23.4 Å². The Balaban J connectivity index is 1.79. The predicted octanol–water partition coefficient (Wildman–Crippen LogP) is 4.58. The van der Waals surface area contributed by atoms with Crippen LogP contribution in [0, 0.1) is 0 Å². The lowest BCUT2D eigenvalue weighted by Gasteiger charge is -2.08. The third-order valence-electron chi connectivity index (χ3n) is 2.84. The van der Waals surface area contributed by atoms with Gasteiger partial charge in [0, 0.05) is 11.4 Å². The van der Waals surface area contributed by atoms with Crippen LogP contribution < -0.4 is 5.32 Å². The molecule has 0 radical (unpaired) electrons. The number of halogens is 3. The van der Waals surface area contributed by atoms with E-state index in [1.54, 1.807) is 0 Å². The highest BCUT2D eigenvalue weighted by atomic mass is 32.2. The zero-order chi connectivity index (χ0) is 16.0. The molecule has 0 saturated carbocycles. The van der Waals surface area contributed by atoms with Crippen LogP contribution in [0.1, 0.15) is 11.1 Å². The van der Waals surface area contributed by atoms with Crippen LogP contribution in [0.4, 0.5) is 18.9 Å². The van der Waals surface area contributed by atoms with Gasteiger partial charge in [0.15, 0.2) is 0 Å². The Kier molecular flexibility index (Phi) is 5.49. The molecule has 0 aromatic heterocycles. The molecule has 22 heavy (non-hydrogen) atoms. The van der Waals surface area contributed by atoms with Gasteiger partial charge in [0.05, 0.1) is 11.3 Å². The van der Waals surface area contributed by atoms with E-state index in [9.17, 15) is 18.0 Å². The van der Waals surface area contributed by atoms with E-state index in [1.807, 2.05) is 30.3 Å². The fourth-order valence-corrected chi connectivity index (χ4v) is 2.56. The molecule has 2 aromatic carbocycles. The second-order valence-electron chi connectivity index (χ2n) is 4.60. The quantitative estimate of drug-likeness (QED) is 0.872. The number of alkyl halides is 3. The van der Waals surface area contributed by atoms with E-state index in [0.29, 0.717) is 11.4 Å². The summed E-state index contributed by atoms with van der Waals surface area (Å²) in [6.07, 6.45) is -4.37. The standard InChI is InChI=1S/C16H14F3NOS/c17-16(18,19)13-6-8-14(9-7-13)20-15(21)11-22-10-12-4-2-1-3-5-12/h1-9H,10-11H2,(H,20,21). The summed E-state index contributed by atoms with van der Waals surface area (Å²) in [5.41, 5.74) is 0.747. The Bertz CT molecular complexity index is 612. The number of thioether (sulfide) groups is 1. The number of anilines is 1. The van der Waals surface area contributed by atoms with Crippen molar-refractivity contribution in [2.45, 2.75) is 11.9 Å². The molecule has 0 fully saturated rings. The topological polar surface area (TPSA) is 29.1 Å². The van der Waals surface area contributed by atoms with Crippen LogP contribution in [0.3, 0.4) is 0 Å². The minimum atomic E-state index is -4.37. The molecule has 0 spiro atoms. The van der Waals surface area contributed by atoms with Crippen molar-refractivity contribution in [2.24, 2.45) is 0 Å². The number of hydrogen-bond donors (Lipinski definition) is 1. The van der Waals surface area contributed by atoms with Gasteiger partial charge in [-0.15, -0.1) is 11.8 Å². The first kappa shape index (κ1) is 16.4. The minimum Gasteiger partial charge on any atom is -0.325 e. The van der Waals surface area contributed by atoms with Gasteiger partial charge in [-0.2, -0.15) is 13.2 Å². The van der Waals surface area contributed by atoms with Crippen molar-refractivity contribution in [3.05, 3.63) is 65.7 Å². The van der Waals surface area contributed by atoms with E-state index in [4.69, 9.17) is 0 Å². The first-order valence-corrected chi connectivity index (χ1v) is 7.69. The first-order chi connectivity index (χ1) is 10.4. The largest absolute Gasteiger partial charge is 0.416 e. The molecule has 6 heteroatoms. The molecule has 0 atom stereocenters. The molecule has 2 nitrogen and oxygen atoms in total. The zero-order valence-electron chi connectivity index (χ0n) is 11.6. The van der Waals surface area contributed by atoms with Gasteiger partial charge in [0.25, 0.3) is 0 Å². The molecule has 0 bridgehead atoms. The van der Waals surface area contributed by atoms with Crippen LogP contribution in [0.15, 0.2) is 54.6 Å². The molecule has 0 aliphatic heterocycles. The Labute approximate surface area is 130 Å². The fourth-order valence-electron chi connectivity index (χ4n) is 1.78. The van der Waals surface area contributed by atoms with Gasteiger partial charge in [-0.1, -0.05) is 30.3 Å². The van der Waals surface area contributed by atoms with Gasteiger partial charge in [-0.3, -0.25) is 4.79 Å². The second kappa shape index (κ2) is 7.35. The van der Waals surface area contributed by atoms with E-state index < -0.39 is 11.7 Å². The van der Waals surface area contributed by atoms with E-state index in [1.165, 1.54) is 23.9 Å². The average molecular weight is 325 g/mol. The summed E-state index contributed by atoms with van der Waals surface area (Å²) in [7, 11) is 0. The Morgan fingerprint density at radius 3 is 2.23 bits per heavy atom. The van der Waals surface area contributed by atoms with Crippen molar-refractivity contribution in [3.63, 3.8) is 0 Å². The maximum atomic E-state index is 12.4. The van der Waals surface area contributed by atoms with Crippen LogP contribution >= 0.6 is 11.8 Å². The molecule has 2 aromatic rings. The number of benzene rings is 2. The molecule has 0 aliphatic rings. The molecule has 2 rings (SSSR count). The Morgan fingerprint density at radius 1 is 1.00 bits per heavy atom. The van der Waals surface area contributed by atoms with Crippen molar-refractivity contribution in [1.82, 2.24) is 0 Å². The SMILES string of the molecule is O=C(CSCc1ccccc1)Nc1ccc(C(F)(F)F)cc1. The van der Waals surface area contributed by atoms with Crippen LogP contribution in [0.25, 0.3) is 0 Å². The highest BCUT2D eigenvalue weighted by Gasteiger charge is 2.29. The molecule has 116 valence electrons. The normalized spacial score (nSPS) is 11.2. The Hall–Kier alpha value is -1.95. The van der Waals surface area contributed by atoms with E-state index in [0.717, 1.165) is 17.7 Å². The number of amides is 1. The highest BCUT2D eigenvalue weighted by molar-refractivity contribution is 7.99. The van der Waals surface area contributed by atoms with Crippen molar-refractivity contribution in [3.8, 4) is 0 Å². The van der Waals surface area contributed by atoms with E-state index in [2.05, 4.69) is 5.32 Å². The van der Waals surface area contributed by atoms with Crippen LogP contribution in [-0.4, -0.2) is 11.7 Å². The monoisotopic (exact) mass is 325 g/mol. The lowest BCUT2D eigenvalue weighted by molar-refractivity contribution is -0.137. The van der Waals surface area contributed by atoms with Gasteiger partial charge in [-0.25, -0.2) is 0 Å². The summed E-state index contributed by atoms with van der Waals surface area (Å²) in [6, 6.07) is 14.1. The van der Waals surface area contributed by atoms with Crippen LogP contribution in [0.2, 0.25) is 0 Å². The fraction of sp³-hybridized carbons (Fsp3) is 0.188. The molecule has 0 aliphatic carbocycles. The molecule has 1 N–H and O–H groups in total. The molecular weight excluding hydrogens is 311 g/mol. The maximum Gasteiger partial charge on any atom is 0.416 e. The number of nitrogens with one attached hydrogen (secondary N) is 1. The third kappa shape index (κ3) is 5.11. The summed E-state index contributed by atoms with van der Waals surface area (Å²) in [5, 5.41) is 2.58. The lowest BCUT2D eigenvalue weighted by Crippen LogP contribution is -2.14. The van der Waals surface area contributed by atoms with E-state index in [-0.39, 0.29) is 11.7 Å². The summed E-state index contributed by atoms with van der Waals surface area (Å²) in [6.45, 7) is 0. The predicted molar refractivity (Wildman–Crippen MR) is 82.7 cm³/mol. The van der Waals surface area contributed by atoms with Gasteiger partial charge in [0.2, 0.25) is 5.91 Å². The van der Waals surface area contributed by atoms with Gasteiger partial charge in [-0.05, 0) is 29.8 Å². The van der Waals surface area contributed by atoms with Crippen molar-refractivity contribution < 1.29 is 18.0 Å². The maximum absolute atomic E-state index is 12.4. The van der Waals surface area contributed by atoms with Gasteiger partial charge >= 0.3 is 6.18 Å². The second-order valence-corrected chi connectivity index (χ2v) is 5.59. The molecular formula is C16H14F3NOS. The van der Waals surface area contributed by atoms with Gasteiger partial charge in [0.1, 0.15) is 0 Å². The zero-order valence-corrected chi connectivity index (χ0v) is 12.4. The summed E-state index contributed by atoms with van der Waals surface area (Å²) < 4.78 is 37.3. The summed E-state index contributed by atoms with van der Waals surface area (Å²) in [4.78, 5) is 11.7. The number of carbonyl (C=O) groups excluding carboxylic acids is 1. The molecule has 0 saturated heterocycles. The molecule has 0 unspecified atom stereocenters. The molecule has 0 heterocycles. The average Bonchev–Trinajstić information content (AvgIpc) is 2.48. The third-order valence-corrected chi connectivity index (χ3v) is 3.84. The Morgan fingerprint density at radius 2 is 1.64 bits per heavy atom. The number of carbonyl (C=O) groups is 1. The minimum absolute atomic E-state index is 0.235. The number of rotatable bonds is 5. The van der Waals surface area contributed by atoms with E-state index >= 15 is 0 Å². The van der Waals surface area contributed by atoms with Crippen molar-refractivity contribution in [2.75, 3.05) is 11.1 Å².